The van der Waals surface area contributed by atoms with Gasteiger partial charge in [0.1, 0.15) is 10.9 Å². The Balaban J connectivity index is 1.58. The Hall–Kier alpha value is -2.97. The molecule has 1 saturated heterocycles. The summed E-state index contributed by atoms with van der Waals surface area (Å²) < 4.78 is 0.485. The van der Waals surface area contributed by atoms with Crippen molar-refractivity contribution in [2.45, 2.75) is 46.5 Å². The lowest BCUT2D eigenvalue weighted by Crippen LogP contribution is -2.36. The zero-order chi connectivity index (χ0) is 25.8. The summed E-state index contributed by atoms with van der Waals surface area (Å²) in [5, 5.41) is 2.85. The Labute approximate surface area is 222 Å². The molecule has 2 aromatic carbocycles. The number of nitrogens with zero attached hydrogens (tertiary/aromatic N) is 2. The minimum Gasteiger partial charge on any atom is -0.325 e. The number of nitrogens with one attached hydrogen (secondary N) is 1. The minimum absolute atomic E-state index is 0.150. The first kappa shape index (κ1) is 26.1. The Kier molecular flexibility index (Phi) is 8.26. The number of aryl methyl sites for hydroxylation is 1. The zero-order valence-corrected chi connectivity index (χ0v) is 22.5. The largest absolute Gasteiger partial charge is 0.325 e. The summed E-state index contributed by atoms with van der Waals surface area (Å²) in [5.74, 6) is -0.513. The molecule has 36 heavy (non-hydrogen) atoms. The van der Waals surface area contributed by atoms with E-state index in [1.807, 2.05) is 49.4 Å². The highest BCUT2D eigenvalue weighted by atomic mass is 32.2. The number of fused-ring (bicyclic) bond motifs is 1. The van der Waals surface area contributed by atoms with E-state index in [0.717, 1.165) is 31.2 Å². The number of hydrogen-bond donors (Lipinski definition) is 1. The van der Waals surface area contributed by atoms with Gasteiger partial charge in [-0.05, 0) is 37.5 Å². The zero-order valence-electron chi connectivity index (χ0n) is 20.9. The third-order valence-electron chi connectivity index (χ3n) is 6.62. The molecule has 0 bridgehead atoms. The van der Waals surface area contributed by atoms with Crippen molar-refractivity contribution in [3.05, 3.63) is 64.6 Å². The highest BCUT2D eigenvalue weighted by Gasteiger charge is 2.42. The van der Waals surface area contributed by atoms with Crippen molar-refractivity contribution in [1.29, 1.82) is 0 Å². The van der Waals surface area contributed by atoms with Crippen molar-refractivity contribution in [2.24, 2.45) is 5.92 Å². The molecule has 0 saturated carbocycles. The van der Waals surface area contributed by atoms with Crippen LogP contribution < -0.4 is 10.2 Å². The normalized spacial score (nSPS) is 18.1. The quantitative estimate of drug-likeness (QED) is 0.335. The smallest absolute Gasteiger partial charge is 0.267 e. The number of amides is 3. The number of para-hydroxylation sites is 1. The van der Waals surface area contributed by atoms with Gasteiger partial charge in [-0.1, -0.05) is 93.0 Å². The maximum atomic E-state index is 13.6. The first-order valence-electron chi connectivity index (χ1n) is 12.4. The van der Waals surface area contributed by atoms with Crippen molar-refractivity contribution in [1.82, 2.24) is 4.90 Å². The fourth-order valence-corrected chi connectivity index (χ4v) is 5.87. The molecule has 0 spiro atoms. The van der Waals surface area contributed by atoms with Gasteiger partial charge in [0.25, 0.3) is 11.8 Å². The molecule has 1 fully saturated rings. The van der Waals surface area contributed by atoms with Gasteiger partial charge in [0.05, 0.1) is 16.2 Å². The average Bonchev–Trinajstić information content (AvgIpc) is 3.30. The molecule has 3 amide bonds. The molecule has 6 nitrogen and oxygen atoms in total. The lowest BCUT2D eigenvalue weighted by molar-refractivity contribution is -0.123. The highest BCUT2D eigenvalue weighted by molar-refractivity contribution is 8.26. The summed E-state index contributed by atoms with van der Waals surface area (Å²) >= 11 is 6.76. The molecule has 2 aromatic rings. The van der Waals surface area contributed by atoms with Gasteiger partial charge in [0.15, 0.2) is 0 Å². The number of unbranched alkanes of at least 4 members (excludes halogenated alkanes) is 1. The number of rotatable bonds is 9. The molecule has 1 atom stereocenters. The van der Waals surface area contributed by atoms with Crippen molar-refractivity contribution >= 4 is 63.0 Å². The van der Waals surface area contributed by atoms with Crippen LogP contribution in [0.25, 0.3) is 5.57 Å². The summed E-state index contributed by atoms with van der Waals surface area (Å²) in [6.45, 7) is 6.68. The third-order valence-corrected chi connectivity index (χ3v) is 8.07. The molecular formula is C28H31N3O3S2. The van der Waals surface area contributed by atoms with Gasteiger partial charge in [0, 0.05) is 17.8 Å². The lowest BCUT2D eigenvalue weighted by atomic mass is 9.98. The van der Waals surface area contributed by atoms with Crippen molar-refractivity contribution in [3.63, 3.8) is 0 Å². The van der Waals surface area contributed by atoms with Gasteiger partial charge in [-0.2, -0.15) is 0 Å². The van der Waals surface area contributed by atoms with Crippen LogP contribution in [0.3, 0.4) is 0 Å². The van der Waals surface area contributed by atoms with Crippen LogP contribution in [0.15, 0.2) is 53.4 Å². The Bertz CT molecular complexity index is 1220. The Morgan fingerprint density at radius 1 is 1.03 bits per heavy atom. The van der Waals surface area contributed by atoms with E-state index in [9.17, 15) is 14.4 Å². The third kappa shape index (κ3) is 5.39. The van der Waals surface area contributed by atoms with Crippen LogP contribution in [0, 0.1) is 12.8 Å². The van der Waals surface area contributed by atoms with E-state index >= 15 is 0 Å². The van der Waals surface area contributed by atoms with E-state index in [0.29, 0.717) is 44.2 Å². The van der Waals surface area contributed by atoms with Crippen LogP contribution in [-0.2, 0) is 14.4 Å². The number of hydrogen-bond acceptors (Lipinski definition) is 5. The summed E-state index contributed by atoms with van der Waals surface area (Å²) in [4.78, 5) is 43.4. The van der Waals surface area contributed by atoms with Gasteiger partial charge in [-0.15, -0.1) is 0 Å². The van der Waals surface area contributed by atoms with E-state index in [-0.39, 0.29) is 24.3 Å². The SMILES string of the molecule is CCCCC(CC)CN1C(=O)C(=C2C(=O)N(CC(=O)Nc3ccc(C)cc3)c3ccccc32)SC1=S. The van der Waals surface area contributed by atoms with Crippen LogP contribution in [0.5, 0.6) is 0 Å². The van der Waals surface area contributed by atoms with Crippen molar-refractivity contribution in [2.75, 3.05) is 23.3 Å². The van der Waals surface area contributed by atoms with Crippen LogP contribution in [0.4, 0.5) is 11.4 Å². The van der Waals surface area contributed by atoms with E-state index in [1.54, 1.807) is 11.0 Å². The van der Waals surface area contributed by atoms with Crippen molar-refractivity contribution < 1.29 is 14.4 Å². The molecule has 0 aliphatic carbocycles. The van der Waals surface area contributed by atoms with E-state index < -0.39 is 0 Å². The predicted molar refractivity (Wildman–Crippen MR) is 151 cm³/mol. The van der Waals surface area contributed by atoms with Crippen LogP contribution in [-0.4, -0.2) is 40.0 Å². The summed E-state index contributed by atoms with van der Waals surface area (Å²) in [6, 6.07) is 14.8. The van der Waals surface area contributed by atoms with E-state index in [2.05, 4.69) is 19.2 Å². The summed E-state index contributed by atoms with van der Waals surface area (Å²) in [6.07, 6.45) is 4.23. The molecule has 2 aliphatic heterocycles. The first-order valence-corrected chi connectivity index (χ1v) is 13.6. The van der Waals surface area contributed by atoms with Gasteiger partial charge >= 0.3 is 0 Å². The van der Waals surface area contributed by atoms with Gasteiger partial charge in [0.2, 0.25) is 5.91 Å². The molecule has 4 rings (SSSR count). The molecule has 0 radical (unpaired) electrons. The first-order chi connectivity index (χ1) is 17.3. The Morgan fingerprint density at radius 2 is 1.75 bits per heavy atom. The second kappa shape index (κ2) is 11.4. The number of carbonyl (C=O) groups excluding carboxylic acids is 3. The molecule has 0 aromatic heterocycles. The van der Waals surface area contributed by atoms with Crippen LogP contribution in [0.2, 0.25) is 0 Å². The molecule has 2 aliphatic rings. The second-order valence-corrected chi connectivity index (χ2v) is 10.9. The topological polar surface area (TPSA) is 69.7 Å². The van der Waals surface area contributed by atoms with Crippen LogP contribution in [0.1, 0.15) is 50.7 Å². The minimum atomic E-state index is -0.353. The second-order valence-electron chi connectivity index (χ2n) is 9.23. The van der Waals surface area contributed by atoms with Crippen LogP contribution >= 0.6 is 24.0 Å². The molecule has 8 heteroatoms. The van der Waals surface area contributed by atoms with Gasteiger partial charge in [-0.25, -0.2) is 0 Å². The van der Waals surface area contributed by atoms with Gasteiger partial charge in [-0.3, -0.25) is 24.2 Å². The molecular weight excluding hydrogens is 490 g/mol. The Morgan fingerprint density at radius 3 is 2.44 bits per heavy atom. The average molecular weight is 522 g/mol. The maximum absolute atomic E-state index is 13.6. The summed E-state index contributed by atoms with van der Waals surface area (Å²) in [5.41, 5.74) is 3.37. The van der Waals surface area contributed by atoms with Crippen molar-refractivity contribution in [3.8, 4) is 0 Å². The fourth-order valence-electron chi connectivity index (χ4n) is 4.52. The molecule has 2 heterocycles. The molecule has 188 valence electrons. The monoisotopic (exact) mass is 521 g/mol. The van der Waals surface area contributed by atoms with E-state index in [1.165, 1.54) is 16.7 Å². The summed E-state index contributed by atoms with van der Waals surface area (Å²) in [7, 11) is 0. The molecule has 1 N–H and O–H groups in total. The number of benzene rings is 2. The lowest BCUT2D eigenvalue weighted by Gasteiger charge is -2.21. The predicted octanol–water partition coefficient (Wildman–Crippen LogP) is 5.77. The number of thiocarbonyl (C=S) groups is 1. The highest BCUT2D eigenvalue weighted by Crippen LogP contribution is 2.44. The van der Waals surface area contributed by atoms with Gasteiger partial charge < -0.3 is 5.32 Å². The molecule has 1 unspecified atom stereocenters. The standard InChI is InChI=1S/C28H31N3O3S2/c1-4-6-9-19(5-2)16-31-27(34)25(36-28(31)35)24-21-10-7-8-11-22(21)30(26(24)33)17-23(32)29-20-14-12-18(3)13-15-20/h7-8,10-15,19H,4-6,9,16-17H2,1-3H3,(H,29,32). The fraction of sp³-hybridized carbons (Fsp3) is 0.357. The van der Waals surface area contributed by atoms with E-state index in [4.69, 9.17) is 12.2 Å². The number of anilines is 2. The number of thioether (sulfide) groups is 1. The maximum Gasteiger partial charge on any atom is 0.267 e. The number of carbonyl (C=O) groups is 3.